The van der Waals surface area contributed by atoms with Crippen LogP contribution in [0, 0.1) is 5.92 Å². The Labute approximate surface area is 128 Å². The van der Waals surface area contributed by atoms with E-state index in [1.54, 1.807) is 0 Å². The van der Waals surface area contributed by atoms with Gasteiger partial charge in [-0.25, -0.2) is 4.98 Å². The summed E-state index contributed by atoms with van der Waals surface area (Å²) in [6.07, 6.45) is 5.91. The molecule has 0 spiro atoms. The van der Waals surface area contributed by atoms with E-state index in [2.05, 4.69) is 35.2 Å². The largest absolute Gasteiger partial charge is 0.356 e. The van der Waals surface area contributed by atoms with Crippen molar-refractivity contribution >= 4 is 5.82 Å². The lowest BCUT2D eigenvalue weighted by molar-refractivity contribution is 0.102. The molecule has 1 N–H and O–H groups in total. The molecule has 0 aromatic carbocycles. The molecule has 2 aliphatic rings. The van der Waals surface area contributed by atoms with Crippen molar-refractivity contribution in [1.82, 2.24) is 15.2 Å². The average molecular weight is 288 g/mol. The van der Waals surface area contributed by atoms with Crippen molar-refractivity contribution < 1.29 is 0 Å². The number of anilines is 1. The molecule has 3 heterocycles. The Bertz CT molecular complexity index is 476. The van der Waals surface area contributed by atoms with Crippen molar-refractivity contribution in [2.75, 3.05) is 38.6 Å². The molecule has 0 aliphatic carbocycles. The van der Waals surface area contributed by atoms with Gasteiger partial charge in [-0.2, -0.15) is 0 Å². The zero-order chi connectivity index (χ0) is 14.8. The van der Waals surface area contributed by atoms with Crippen molar-refractivity contribution in [2.45, 2.75) is 38.3 Å². The first-order valence-corrected chi connectivity index (χ1v) is 8.28. The lowest BCUT2D eigenvalue weighted by Crippen LogP contribution is -2.53. The molecule has 0 amide bonds. The van der Waals surface area contributed by atoms with Crippen molar-refractivity contribution in [3.63, 3.8) is 0 Å². The molecular weight excluding hydrogens is 260 g/mol. The maximum absolute atomic E-state index is 4.70. The van der Waals surface area contributed by atoms with Gasteiger partial charge in [-0.1, -0.05) is 6.07 Å². The number of nitrogens with one attached hydrogen (secondary N) is 1. The maximum Gasteiger partial charge on any atom is 0.133 e. The fourth-order valence-electron chi connectivity index (χ4n) is 4.01. The highest BCUT2D eigenvalue weighted by Crippen LogP contribution is 2.33. The van der Waals surface area contributed by atoms with Crippen LogP contribution in [0.25, 0.3) is 0 Å². The van der Waals surface area contributed by atoms with E-state index in [4.69, 9.17) is 4.98 Å². The second-order valence-corrected chi connectivity index (χ2v) is 6.61. The molecule has 2 saturated heterocycles. The number of hydrogen-bond donors (Lipinski definition) is 1. The van der Waals surface area contributed by atoms with Gasteiger partial charge in [0.1, 0.15) is 5.82 Å². The molecule has 3 rings (SSSR count). The second-order valence-electron chi connectivity index (χ2n) is 6.61. The van der Waals surface area contributed by atoms with Crippen LogP contribution in [-0.2, 0) is 0 Å². The van der Waals surface area contributed by atoms with Crippen LogP contribution >= 0.6 is 0 Å². The summed E-state index contributed by atoms with van der Waals surface area (Å²) < 4.78 is 0. The van der Waals surface area contributed by atoms with Gasteiger partial charge in [0, 0.05) is 36.9 Å². The minimum atomic E-state index is 0.348. The van der Waals surface area contributed by atoms with E-state index < -0.39 is 0 Å². The summed E-state index contributed by atoms with van der Waals surface area (Å²) in [7, 11) is 4.31. The molecule has 116 valence electrons. The Morgan fingerprint density at radius 2 is 2.19 bits per heavy atom. The summed E-state index contributed by atoms with van der Waals surface area (Å²) in [6.45, 7) is 5.77. The van der Waals surface area contributed by atoms with Gasteiger partial charge in [0.25, 0.3) is 0 Å². The highest BCUT2D eigenvalue weighted by Gasteiger charge is 2.35. The monoisotopic (exact) mass is 288 g/mol. The molecule has 3 unspecified atom stereocenters. The van der Waals surface area contributed by atoms with Crippen molar-refractivity contribution in [3.05, 3.63) is 23.9 Å². The Morgan fingerprint density at radius 1 is 1.33 bits per heavy atom. The molecule has 4 heteroatoms. The standard InChI is InChI=1S/C17H28N4/c1-13(18-2)15-7-4-9-19-17(15)21-11-8-16-14(12-21)6-5-10-20(16)3/h4,7,9,13-14,16,18H,5-6,8,10-12H2,1-3H3. The number of fused-ring (bicyclic) bond motifs is 1. The third kappa shape index (κ3) is 2.92. The van der Waals surface area contributed by atoms with E-state index in [1.807, 2.05) is 19.3 Å². The predicted octanol–water partition coefficient (Wildman–Crippen LogP) is 2.28. The van der Waals surface area contributed by atoms with E-state index >= 15 is 0 Å². The molecule has 2 fully saturated rings. The highest BCUT2D eigenvalue weighted by molar-refractivity contribution is 5.49. The first kappa shape index (κ1) is 14.8. The third-order valence-corrected chi connectivity index (χ3v) is 5.36. The van der Waals surface area contributed by atoms with E-state index in [0.717, 1.165) is 25.0 Å². The fraction of sp³-hybridized carbons (Fsp3) is 0.706. The average Bonchev–Trinajstić information content (AvgIpc) is 2.54. The molecule has 0 saturated carbocycles. The summed E-state index contributed by atoms with van der Waals surface area (Å²) in [4.78, 5) is 9.79. The summed E-state index contributed by atoms with van der Waals surface area (Å²) >= 11 is 0. The quantitative estimate of drug-likeness (QED) is 0.924. The number of pyridine rings is 1. The maximum atomic E-state index is 4.70. The van der Waals surface area contributed by atoms with E-state index in [-0.39, 0.29) is 0 Å². The topological polar surface area (TPSA) is 31.4 Å². The van der Waals surface area contributed by atoms with Crippen LogP contribution in [0.3, 0.4) is 0 Å². The number of hydrogen-bond acceptors (Lipinski definition) is 4. The van der Waals surface area contributed by atoms with Crippen LogP contribution in [0.15, 0.2) is 18.3 Å². The summed E-state index contributed by atoms with van der Waals surface area (Å²) in [5, 5.41) is 3.35. The number of rotatable bonds is 3. The fourth-order valence-corrected chi connectivity index (χ4v) is 4.01. The lowest BCUT2D eigenvalue weighted by Gasteiger charge is -2.46. The molecule has 1 aromatic rings. The van der Waals surface area contributed by atoms with Gasteiger partial charge in [-0.05, 0) is 58.8 Å². The van der Waals surface area contributed by atoms with Gasteiger partial charge in [0.2, 0.25) is 0 Å². The molecule has 2 aliphatic heterocycles. The first-order valence-electron chi connectivity index (χ1n) is 8.28. The molecule has 0 bridgehead atoms. The van der Waals surface area contributed by atoms with Crippen LogP contribution < -0.4 is 10.2 Å². The minimum absolute atomic E-state index is 0.348. The predicted molar refractivity (Wildman–Crippen MR) is 87.7 cm³/mol. The molecule has 1 aromatic heterocycles. The van der Waals surface area contributed by atoms with E-state index in [1.165, 1.54) is 37.2 Å². The number of aromatic nitrogens is 1. The van der Waals surface area contributed by atoms with Crippen molar-refractivity contribution in [1.29, 1.82) is 0 Å². The van der Waals surface area contributed by atoms with Crippen LogP contribution in [0.1, 0.15) is 37.8 Å². The zero-order valence-corrected chi connectivity index (χ0v) is 13.5. The minimum Gasteiger partial charge on any atom is -0.356 e. The zero-order valence-electron chi connectivity index (χ0n) is 13.5. The van der Waals surface area contributed by atoms with Crippen molar-refractivity contribution in [3.8, 4) is 0 Å². The third-order valence-electron chi connectivity index (χ3n) is 5.36. The molecule has 3 atom stereocenters. The van der Waals surface area contributed by atoms with Gasteiger partial charge in [0.05, 0.1) is 0 Å². The Kier molecular flexibility index (Phi) is 4.45. The molecule has 4 nitrogen and oxygen atoms in total. The molecular formula is C17H28N4. The normalized spacial score (nSPS) is 28.2. The van der Waals surface area contributed by atoms with Gasteiger partial charge in [-0.3, -0.25) is 0 Å². The Balaban J connectivity index is 1.79. The molecule has 0 radical (unpaired) electrons. The smallest absolute Gasteiger partial charge is 0.133 e. The summed E-state index contributed by atoms with van der Waals surface area (Å²) in [6, 6.07) is 5.39. The van der Waals surface area contributed by atoms with E-state index in [0.29, 0.717) is 6.04 Å². The second kappa shape index (κ2) is 6.32. The summed E-state index contributed by atoms with van der Waals surface area (Å²) in [5.74, 6) is 1.99. The van der Waals surface area contributed by atoms with Gasteiger partial charge < -0.3 is 15.1 Å². The Morgan fingerprint density at radius 3 is 3.00 bits per heavy atom. The SMILES string of the molecule is CNC(C)c1cccnc1N1CCC2C(CCCN2C)C1. The number of piperidine rings is 2. The Hall–Kier alpha value is -1.13. The van der Waals surface area contributed by atoms with Crippen LogP contribution in [-0.4, -0.2) is 49.7 Å². The van der Waals surface area contributed by atoms with Crippen LogP contribution in [0.4, 0.5) is 5.82 Å². The van der Waals surface area contributed by atoms with Gasteiger partial charge >= 0.3 is 0 Å². The highest BCUT2D eigenvalue weighted by atomic mass is 15.2. The first-order chi connectivity index (χ1) is 10.2. The van der Waals surface area contributed by atoms with Gasteiger partial charge in [-0.15, -0.1) is 0 Å². The van der Waals surface area contributed by atoms with Crippen LogP contribution in [0.5, 0.6) is 0 Å². The van der Waals surface area contributed by atoms with Crippen LogP contribution in [0.2, 0.25) is 0 Å². The van der Waals surface area contributed by atoms with Crippen molar-refractivity contribution in [2.24, 2.45) is 5.92 Å². The lowest BCUT2D eigenvalue weighted by atomic mass is 9.84. The number of likely N-dealkylation sites (tertiary alicyclic amines) is 1. The van der Waals surface area contributed by atoms with E-state index in [9.17, 15) is 0 Å². The van der Waals surface area contributed by atoms with Gasteiger partial charge in [0.15, 0.2) is 0 Å². The summed E-state index contributed by atoms with van der Waals surface area (Å²) in [5.41, 5.74) is 1.32. The molecule has 21 heavy (non-hydrogen) atoms. The number of nitrogens with zero attached hydrogens (tertiary/aromatic N) is 3.